The molecule has 0 aliphatic carbocycles. The van der Waals surface area contributed by atoms with Crippen LogP contribution in [0.4, 0.5) is 0 Å². The molecule has 1 N–H and O–H groups in total. The predicted octanol–water partition coefficient (Wildman–Crippen LogP) is 2.02. The number of likely N-dealkylation sites (tertiary alicyclic amines) is 1. The molecular formula is C12H20N2O. The predicted molar refractivity (Wildman–Crippen MR) is 60.8 cm³/mol. The summed E-state index contributed by atoms with van der Waals surface area (Å²) in [5.74, 6) is 1.03. The van der Waals surface area contributed by atoms with Crippen LogP contribution in [0.15, 0.2) is 22.8 Å². The highest BCUT2D eigenvalue weighted by Crippen LogP contribution is 2.19. The van der Waals surface area contributed by atoms with E-state index in [2.05, 4.69) is 31.1 Å². The topological polar surface area (TPSA) is 28.4 Å². The first-order chi connectivity index (χ1) is 7.16. The Morgan fingerprint density at radius 2 is 2.40 bits per heavy atom. The molecule has 3 atom stereocenters. The minimum atomic E-state index is 0.309. The molecule has 1 aromatic heterocycles. The van der Waals surface area contributed by atoms with Gasteiger partial charge >= 0.3 is 0 Å². The van der Waals surface area contributed by atoms with E-state index in [-0.39, 0.29) is 0 Å². The Labute approximate surface area is 91.4 Å². The number of rotatable bonds is 3. The van der Waals surface area contributed by atoms with Gasteiger partial charge < -0.3 is 14.6 Å². The van der Waals surface area contributed by atoms with E-state index in [1.54, 1.807) is 6.26 Å². The Bertz CT molecular complexity index is 287. The summed E-state index contributed by atoms with van der Waals surface area (Å²) < 4.78 is 5.38. The molecule has 2 heterocycles. The lowest BCUT2D eigenvalue weighted by Gasteiger charge is -2.17. The molecule has 3 heteroatoms. The van der Waals surface area contributed by atoms with Crippen LogP contribution in [-0.4, -0.2) is 30.6 Å². The summed E-state index contributed by atoms with van der Waals surface area (Å²) in [6.07, 6.45) is 2.96. The van der Waals surface area contributed by atoms with Crippen molar-refractivity contribution in [1.29, 1.82) is 0 Å². The highest BCUT2D eigenvalue weighted by molar-refractivity contribution is 5.04. The first kappa shape index (κ1) is 10.7. The van der Waals surface area contributed by atoms with Crippen LogP contribution < -0.4 is 5.32 Å². The fourth-order valence-electron chi connectivity index (χ4n) is 2.29. The number of hydrogen-bond donors (Lipinski definition) is 1. The van der Waals surface area contributed by atoms with Crippen molar-refractivity contribution in [3.63, 3.8) is 0 Å². The number of nitrogens with one attached hydrogen (secondary N) is 1. The molecule has 1 aliphatic rings. The highest BCUT2D eigenvalue weighted by atomic mass is 16.3. The van der Waals surface area contributed by atoms with Crippen molar-refractivity contribution in [3.8, 4) is 0 Å². The fourth-order valence-corrected chi connectivity index (χ4v) is 2.29. The Kier molecular flexibility index (Phi) is 3.12. The molecule has 2 unspecified atom stereocenters. The SMILES string of the molecule is CC1CC(N[C@@H](C)c2ccco2)CN1C. The van der Waals surface area contributed by atoms with Crippen LogP contribution in [0.1, 0.15) is 32.1 Å². The Morgan fingerprint density at radius 1 is 1.60 bits per heavy atom. The lowest BCUT2D eigenvalue weighted by atomic mass is 10.1. The van der Waals surface area contributed by atoms with Gasteiger partial charge in [0.15, 0.2) is 0 Å². The third kappa shape index (κ3) is 2.41. The van der Waals surface area contributed by atoms with Crippen molar-refractivity contribution in [3.05, 3.63) is 24.2 Å². The maximum absolute atomic E-state index is 5.38. The van der Waals surface area contributed by atoms with E-state index in [1.807, 2.05) is 12.1 Å². The quantitative estimate of drug-likeness (QED) is 0.823. The summed E-state index contributed by atoms with van der Waals surface area (Å²) in [5.41, 5.74) is 0. The lowest BCUT2D eigenvalue weighted by Crippen LogP contribution is -2.33. The minimum absolute atomic E-state index is 0.309. The average molecular weight is 208 g/mol. The molecule has 84 valence electrons. The number of hydrogen-bond acceptors (Lipinski definition) is 3. The van der Waals surface area contributed by atoms with Crippen molar-refractivity contribution in [2.75, 3.05) is 13.6 Å². The van der Waals surface area contributed by atoms with Crippen molar-refractivity contribution >= 4 is 0 Å². The first-order valence-corrected chi connectivity index (χ1v) is 5.66. The molecule has 0 saturated carbocycles. The molecule has 0 aromatic carbocycles. The normalized spacial score (nSPS) is 29.5. The second kappa shape index (κ2) is 4.37. The van der Waals surface area contributed by atoms with Crippen molar-refractivity contribution in [2.45, 2.75) is 38.4 Å². The molecule has 1 saturated heterocycles. The van der Waals surface area contributed by atoms with Gasteiger partial charge in [-0.3, -0.25) is 0 Å². The van der Waals surface area contributed by atoms with Gasteiger partial charge in [0, 0.05) is 18.6 Å². The van der Waals surface area contributed by atoms with E-state index in [9.17, 15) is 0 Å². The molecule has 3 nitrogen and oxygen atoms in total. The van der Waals surface area contributed by atoms with Gasteiger partial charge in [-0.25, -0.2) is 0 Å². The summed E-state index contributed by atoms with van der Waals surface area (Å²) >= 11 is 0. The van der Waals surface area contributed by atoms with Crippen LogP contribution in [0, 0.1) is 0 Å². The molecule has 1 fully saturated rings. The molecular weight excluding hydrogens is 188 g/mol. The molecule has 2 rings (SSSR count). The Hall–Kier alpha value is -0.800. The fraction of sp³-hybridized carbons (Fsp3) is 0.667. The maximum atomic E-state index is 5.38. The van der Waals surface area contributed by atoms with Crippen molar-refractivity contribution in [2.24, 2.45) is 0 Å². The summed E-state index contributed by atoms with van der Waals surface area (Å²) in [6, 6.07) is 5.55. The monoisotopic (exact) mass is 208 g/mol. The smallest absolute Gasteiger partial charge is 0.120 e. The molecule has 15 heavy (non-hydrogen) atoms. The molecule has 0 bridgehead atoms. The van der Waals surface area contributed by atoms with E-state index < -0.39 is 0 Å². The van der Waals surface area contributed by atoms with Gasteiger partial charge in [0.05, 0.1) is 12.3 Å². The second-order valence-electron chi connectivity index (χ2n) is 4.62. The third-order valence-electron chi connectivity index (χ3n) is 3.34. The van der Waals surface area contributed by atoms with Crippen molar-refractivity contribution in [1.82, 2.24) is 10.2 Å². The van der Waals surface area contributed by atoms with Crippen LogP contribution in [0.2, 0.25) is 0 Å². The zero-order chi connectivity index (χ0) is 10.8. The standard InChI is InChI=1S/C12H20N2O/c1-9-7-11(8-14(9)3)13-10(2)12-5-4-6-15-12/h4-6,9-11,13H,7-8H2,1-3H3/t9?,10-,11?/m0/s1. The van der Waals surface area contributed by atoms with Gasteiger partial charge in [-0.15, -0.1) is 0 Å². The van der Waals surface area contributed by atoms with E-state index >= 15 is 0 Å². The summed E-state index contributed by atoms with van der Waals surface area (Å²) in [7, 11) is 2.18. The van der Waals surface area contributed by atoms with Gasteiger partial charge in [-0.05, 0) is 39.4 Å². The number of nitrogens with zero attached hydrogens (tertiary/aromatic N) is 1. The first-order valence-electron chi connectivity index (χ1n) is 5.66. The van der Waals surface area contributed by atoms with E-state index in [1.165, 1.54) is 6.42 Å². The van der Waals surface area contributed by atoms with E-state index in [4.69, 9.17) is 4.42 Å². The molecule has 0 amide bonds. The van der Waals surface area contributed by atoms with Gasteiger partial charge in [-0.2, -0.15) is 0 Å². The van der Waals surface area contributed by atoms with Gasteiger partial charge in [-0.1, -0.05) is 0 Å². The Morgan fingerprint density at radius 3 is 2.93 bits per heavy atom. The van der Waals surface area contributed by atoms with Crippen LogP contribution in [0.25, 0.3) is 0 Å². The zero-order valence-electron chi connectivity index (χ0n) is 9.73. The van der Waals surface area contributed by atoms with Gasteiger partial charge in [0.25, 0.3) is 0 Å². The number of furan rings is 1. The van der Waals surface area contributed by atoms with E-state index in [0.29, 0.717) is 18.1 Å². The maximum Gasteiger partial charge on any atom is 0.120 e. The zero-order valence-corrected chi connectivity index (χ0v) is 9.73. The van der Waals surface area contributed by atoms with Crippen LogP contribution in [0.5, 0.6) is 0 Å². The summed E-state index contributed by atoms with van der Waals surface area (Å²) in [5, 5.41) is 3.61. The van der Waals surface area contributed by atoms with Crippen LogP contribution in [-0.2, 0) is 0 Å². The average Bonchev–Trinajstić information content (AvgIpc) is 2.77. The third-order valence-corrected chi connectivity index (χ3v) is 3.34. The highest BCUT2D eigenvalue weighted by Gasteiger charge is 2.27. The molecule has 1 aromatic rings. The largest absolute Gasteiger partial charge is 0.468 e. The number of likely N-dealkylation sites (N-methyl/N-ethyl adjacent to an activating group) is 1. The molecule has 0 radical (unpaired) electrons. The molecule has 0 spiro atoms. The van der Waals surface area contributed by atoms with Gasteiger partial charge in [0.2, 0.25) is 0 Å². The lowest BCUT2D eigenvalue weighted by molar-refractivity contribution is 0.322. The van der Waals surface area contributed by atoms with Gasteiger partial charge in [0.1, 0.15) is 5.76 Å². The second-order valence-corrected chi connectivity index (χ2v) is 4.62. The van der Waals surface area contributed by atoms with Crippen molar-refractivity contribution < 1.29 is 4.42 Å². The van der Waals surface area contributed by atoms with Crippen LogP contribution in [0.3, 0.4) is 0 Å². The Balaban J connectivity index is 1.88. The summed E-state index contributed by atoms with van der Waals surface area (Å²) in [6.45, 7) is 5.56. The minimum Gasteiger partial charge on any atom is -0.468 e. The van der Waals surface area contributed by atoms with Crippen LogP contribution >= 0.6 is 0 Å². The summed E-state index contributed by atoms with van der Waals surface area (Å²) in [4.78, 5) is 2.40. The van der Waals surface area contributed by atoms with E-state index in [0.717, 1.165) is 12.3 Å². The molecule has 1 aliphatic heterocycles.